The maximum Gasteiger partial charge on any atom is 0.270 e. The Bertz CT molecular complexity index is 1350. The molecule has 0 amide bonds. The van der Waals surface area contributed by atoms with Crippen molar-refractivity contribution in [3.05, 3.63) is 88.5 Å². The molecule has 0 spiro atoms. The van der Waals surface area contributed by atoms with E-state index in [-0.39, 0.29) is 22.0 Å². The van der Waals surface area contributed by atoms with Gasteiger partial charge in [-0.15, -0.1) is 0 Å². The molecule has 1 aliphatic heterocycles. The van der Waals surface area contributed by atoms with Crippen LogP contribution in [0.1, 0.15) is 18.4 Å². The Balaban J connectivity index is 1.51. The lowest BCUT2D eigenvalue weighted by Crippen LogP contribution is -2.33. The Labute approximate surface area is 209 Å². The average Bonchev–Trinajstić information content (AvgIpc) is 2.89. The second-order valence-corrected chi connectivity index (χ2v) is 9.95. The number of hydrazone groups is 1. The van der Waals surface area contributed by atoms with Gasteiger partial charge in [0.1, 0.15) is 10.6 Å². The molecule has 0 radical (unpaired) electrons. The zero-order valence-electron chi connectivity index (χ0n) is 19.8. The lowest BCUT2D eigenvalue weighted by molar-refractivity contribution is -0.385. The topological polar surface area (TPSA) is 126 Å². The quantitative estimate of drug-likeness (QED) is 0.322. The molecular formula is C25H27N5O5S. The van der Waals surface area contributed by atoms with Gasteiger partial charge in [0.2, 0.25) is 0 Å². The summed E-state index contributed by atoms with van der Waals surface area (Å²) in [5, 5.41) is 15.8. The first-order valence-electron chi connectivity index (χ1n) is 11.4. The molecule has 1 heterocycles. The Morgan fingerprint density at radius 1 is 1.00 bits per heavy atom. The van der Waals surface area contributed by atoms with Gasteiger partial charge in [0.15, 0.2) is 0 Å². The number of non-ortho nitro benzene ring substituents is 1. The third-order valence-electron chi connectivity index (χ3n) is 5.83. The standard InChI is InChI=1S/C25H27N5O5S/c1-35-24-10-6-5-9-22(24)28-36(33,34)25-17-21(30(31)32)11-12-23(25)27-26-20-13-15-29(16-14-20)18-19-7-3-2-4-8-19/h2-12,17,27-28H,13-16,18H2,1H3. The zero-order valence-corrected chi connectivity index (χ0v) is 20.6. The van der Waals surface area contributed by atoms with Crippen LogP contribution in [0.2, 0.25) is 0 Å². The van der Waals surface area contributed by atoms with Crippen molar-refractivity contribution in [1.82, 2.24) is 4.90 Å². The molecule has 10 nitrogen and oxygen atoms in total. The Morgan fingerprint density at radius 3 is 2.39 bits per heavy atom. The van der Waals surface area contributed by atoms with E-state index in [0.29, 0.717) is 5.75 Å². The second-order valence-electron chi connectivity index (χ2n) is 8.29. The summed E-state index contributed by atoms with van der Waals surface area (Å²) in [5.74, 6) is 0.323. The first-order chi connectivity index (χ1) is 17.4. The molecule has 3 aromatic rings. The van der Waals surface area contributed by atoms with E-state index in [1.807, 2.05) is 18.2 Å². The van der Waals surface area contributed by atoms with E-state index in [2.05, 4.69) is 32.3 Å². The third kappa shape index (κ3) is 6.18. The van der Waals surface area contributed by atoms with Gasteiger partial charge in [-0.05, 0) is 23.8 Å². The minimum Gasteiger partial charge on any atom is -0.495 e. The van der Waals surface area contributed by atoms with Crippen LogP contribution in [0.25, 0.3) is 0 Å². The van der Waals surface area contributed by atoms with Crippen LogP contribution in [0.3, 0.4) is 0 Å². The Kier molecular flexibility index (Phi) is 7.81. The lowest BCUT2D eigenvalue weighted by atomic mass is 10.1. The third-order valence-corrected chi connectivity index (χ3v) is 7.24. The van der Waals surface area contributed by atoms with Gasteiger partial charge < -0.3 is 4.74 Å². The van der Waals surface area contributed by atoms with Gasteiger partial charge in [-0.25, -0.2) is 8.42 Å². The van der Waals surface area contributed by atoms with Crippen LogP contribution in [-0.2, 0) is 16.6 Å². The van der Waals surface area contributed by atoms with Crippen LogP contribution >= 0.6 is 0 Å². The van der Waals surface area contributed by atoms with E-state index in [9.17, 15) is 18.5 Å². The molecular weight excluding hydrogens is 482 g/mol. The van der Waals surface area contributed by atoms with Crippen molar-refractivity contribution >= 4 is 32.8 Å². The Morgan fingerprint density at radius 2 is 1.69 bits per heavy atom. The molecule has 188 valence electrons. The summed E-state index contributed by atoms with van der Waals surface area (Å²) in [6.45, 7) is 2.52. The maximum absolute atomic E-state index is 13.2. The number of hydrogen-bond acceptors (Lipinski definition) is 8. The number of nitrogens with one attached hydrogen (secondary N) is 2. The number of piperidine rings is 1. The summed E-state index contributed by atoms with van der Waals surface area (Å²) < 4.78 is 34.2. The highest BCUT2D eigenvalue weighted by Crippen LogP contribution is 2.31. The van der Waals surface area contributed by atoms with Crippen molar-refractivity contribution in [3.8, 4) is 5.75 Å². The van der Waals surface area contributed by atoms with Crippen LogP contribution < -0.4 is 14.9 Å². The highest BCUT2D eigenvalue weighted by Gasteiger charge is 2.24. The number of likely N-dealkylation sites (tertiary alicyclic amines) is 1. The van der Waals surface area contributed by atoms with Crippen molar-refractivity contribution < 1.29 is 18.1 Å². The van der Waals surface area contributed by atoms with Crippen LogP contribution in [-0.4, -0.2) is 44.2 Å². The number of anilines is 2. The first-order valence-corrected chi connectivity index (χ1v) is 12.9. The fourth-order valence-electron chi connectivity index (χ4n) is 3.93. The number of para-hydroxylation sites is 2. The molecule has 11 heteroatoms. The molecule has 0 unspecified atom stereocenters. The fourth-order valence-corrected chi connectivity index (χ4v) is 5.18. The van der Waals surface area contributed by atoms with E-state index in [1.165, 1.54) is 24.8 Å². The molecule has 0 aliphatic carbocycles. The summed E-state index contributed by atoms with van der Waals surface area (Å²) in [6, 6.07) is 20.4. The summed E-state index contributed by atoms with van der Waals surface area (Å²) >= 11 is 0. The molecule has 2 N–H and O–H groups in total. The molecule has 36 heavy (non-hydrogen) atoms. The van der Waals surface area contributed by atoms with Crippen molar-refractivity contribution in [3.63, 3.8) is 0 Å². The highest BCUT2D eigenvalue weighted by molar-refractivity contribution is 7.93. The van der Waals surface area contributed by atoms with E-state index in [1.54, 1.807) is 24.3 Å². The molecule has 0 bridgehead atoms. The van der Waals surface area contributed by atoms with Gasteiger partial charge in [0.25, 0.3) is 15.7 Å². The van der Waals surface area contributed by atoms with Gasteiger partial charge in [-0.3, -0.25) is 25.2 Å². The van der Waals surface area contributed by atoms with Crippen molar-refractivity contribution in [2.45, 2.75) is 24.3 Å². The predicted octanol–water partition coefficient (Wildman–Crippen LogP) is 4.47. The monoisotopic (exact) mass is 509 g/mol. The lowest BCUT2D eigenvalue weighted by Gasteiger charge is -2.27. The van der Waals surface area contributed by atoms with Gasteiger partial charge in [0.05, 0.1) is 23.4 Å². The number of nitro groups is 1. The SMILES string of the molecule is COc1ccccc1NS(=O)(=O)c1cc([N+](=O)[O-])ccc1NN=C1CCN(Cc2ccccc2)CC1. The molecule has 1 fully saturated rings. The fraction of sp³-hybridized carbons (Fsp3) is 0.240. The number of hydrogen-bond donors (Lipinski definition) is 2. The van der Waals surface area contributed by atoms with E-state index in [4.69, 9.17) is 4.74 Å². The van der Waals surface area contributed by atoms with Gasteiger partial charge in [-0.2, -0.15) is 5.10 Å². The van der Waals surface area contributed by atoms with Gasteiger partial charge >= 0.3 is 0 Å². The molecule has 1 saturated heterocycles. The maximum atomic E-state index is 13.2. The number of ether oxygens (including phenoxy) is 1. The molecule has 4 rings (SSSR count). The van der Waals surface area contributed by atoms with Gasteiger partial charge in [-0.1, -0.05) is 42.5 Å². The van der Waals surface area contributed by atoms with Gasteiger partial charge in [0, 0.05) is 50.3 Å². The number of nitrogens with zero attached hydrogens (tertiary/aromatic N) is 3. The van der Waals surface area contributed by atoms with Crippen molar-refractivity contribution in [2.24, 2.45) is 5.10 Å². The minimum absolute atomic E-state index is 0.141. The van der Waals surface area contributed by atoms with E-state index in [0.717, 1.165) is 44.3 Å². The smallest absolute Gasteiger partial charge is 0.270 e. The van der Waals surface area contributed by atoms with Crippen LogP contribution in [0.5, 0.6) is 5.75 Å². The number of benzene rings is 3. The summed E-state index contributed by atoms with van der Waals surface area (Å²) in [5.41, 5.74) is 5.00. The second kappa shape index (κ2) is 11.2. The molecule has 0 aromatic heterocycles. The minimum atomic E-state index is -4.20. The normalized spacial score (nSPS) is 14.2. The van der Waals surface area contributed by atoms with E-state index >= 15 is 0 Å². The Hall–Kier alpha value is -3.96. The molecule has 0 saturated carbocycles. The number of methoxy groups -OCH3 is 1. The number of sulfonamides is 1. The van der Waals surface area contributed by atoms with Crippen molar-refractivity contribution in [2.75, 3.05) is 30.3 Å². The zero-order chi connectivity index (χ0) is 25.5. The molecule has 1 aliphatic rings. The molecule has 3 aromatic carbocycles. The molecule has 0 atom stereocenters. The average molecular weight is 510 g/mol. The van der Waals surface area contributed by atoms with Crippen LogP contribution in [0, 0.1) is 10.1 Å². The number of nitro benzene ring substituents is 1. The van der Waals surface area contributed by atoms with Crippen LogP contribution in [0.15, 0.2) is 82.8 Å². The number of rotatable bonds is 9. The summed E-state index contributed by atoms with van der Waals surface area (Å²) in [7, 11) is -2.78. The largest absolute Gasteiger partial charge is 0.495 e. The highest BCUT2D eigenvalue weighted by atomic mass is 32.2. The summed E-state index contributed by atoms with van der Waals surface area (Å²) in [6.07, 6.45) is 1.46. The summed E-state index contributed by atoms with van der Waals surface area (Å²) in [4.78, 5) is 12.8. The predicted molar refractivity (Wildman–Crippen MR) is 139 cm³/mol. The van der Waals surface area contributed by atoms with Crippen molar-refractivity contribution in [1.29, 1.82) is 0 Å². The van der Waals surface area contributed by atoms with Crippen LogP contribution in [0.4, 0.5) is 17.1 Å². The first kappa shape index (κ1) is 25.1. The van der Waals surface area contributed by atoms with E-state index < -0.39 is 14.9 Å².